The molecule has 0 radical (unpaired) electrons. The van der Waals surface area contributed by atoms with Gasteiger partial charge in [0.05, 0.1) is 6.61 Å². The lowest BCUT2D eigenvalue weighted by atomic mass is 9.90. The molecular formula is C18H21BrO. The van der Waals surface area contributed by atoms with Gasteiger partial charge in [0.2, 0.25) is 0 Å². The Morgan fingerprint density at radius 2 is 1.80 bits per heavy atom. The van der Waals surface area contributed by atoms with Crippen LogP contribution in [0.25, 0.3) is 10.8 Å². The van der Waals surface area contributed by atoms with Crippen molar-refractivity contribution < 1.29 is 4.74 Å². The molecule has 1 nitrogen and oxygen atoms in total. The molecule has 1 saturated carbocycles. The summed E-state index contributed by atoms with van der Waals surface area (Å²) in [6.07, 6.45) is 6.81. The predicted octanol–water partition coefficient (Wildman–Crippen LogP) is 5.69. The van der Waals surface area contributed by atoms with Crippen LogP contribution in [0.5, 0.6) is 5.75 Å². The summed E-state index contributed by atoms with van der Waals surface area (Å²) >= 11 is 3.62. The standard InChI is InChI=1S/C18H21BrO/c19-12-17-16-9-5-4-8-15(16)10-11-18(17)20-13-14-6-2-1-3-7-14/h4-5,8-11,14H,1-3,6-7,12-13H2. The van der Waals surface area contributed by atoms with Gasteiger partial charge in [0.15, 0.2) is 0 Å². The van der Waals surface area contributed by atoms with E-state index in [-0.39, 0.29) is 0 Å². The van der Waals surface area contributed by atoms with Gasteiger partial charge in [0.1, 0.15) is 5.75 Å². The zero-order chi connectivity index (χ0) is 13.8. The molecule has 1 fully saturated rings. The third kappa shape index (κ3) is 3.01. The van der Waals surface area contributed by atoms with Crippen LogP contribution in [0.15, 0.2) is 36.4 Å². The number of benzene rings is 2. The number of alkyl halides is 1. The Bertz CT molecular complexity index is 573. The Balaban J connectivity index is 1.80. The lowest BCUT2D eigenvalue weighted by molar-refractivity contribution is 0.208. The normalized spacial score (nSPS) is 16.4. The molecule has 0 aliphatic heterocycles. The average Bonchev–Trinajstić information content (AvgIpc) is 2.53. The van der Waals surface area contributed by atoms with Gasteiger partial charge in [0, 0.05) is 10.9 Å². The van der Waals surface area contributed by atoms with Crippen LogP contribution >= 0.6 is 15.9 Å². The first-order valence-corrected chi connectivity index (χ1v) is 8.70. The molecule has 3 rings (SSSR count). The van der Waals surface area contributed by atoms with E-state index in [1.54, 1.807) is 0 Å². The van der Waals surface area contributed by atoms with Crippen LogP contribution < -0.4 is 4.74 Å². The van der Waals surface area contributed by atoms with Crippen LogP contribution in [0.3, 0.4) is 0 Å². The highest BCUT2D eigenvalue weighted by molar-refractivity contribution is 9.08. The summed E-state index contributed by atoms with van der Waals surface area (Å²) in [5.41, 5.74) is 1.28. The van der Waals surface area contributed by atoms with Crippen molar-refractivity contribution in [1.82, 2.24) is 0 Å². The summed E-state index contributed by atoms with van der Waals surface area (Å²) in [5, 5.41) is 3.42. The van der Waals surface area contributed by atoms with Crippen molar-refractivity contribution in [3.05, 3.63) is 42.0 Å². The number of hydrogen-bond acceptors (Lipinski definition) is 1. The first kappa shape index (κ1) is 13.9. The topological polar surface area (TPSA) is 9.23 Å². The molecule has 2 aromatic rings. The maximum absolute atomic E-state index is 6.15. The first-order chi connectivity index (χ1) is 9.88. The summed E-state index contributed by atoms with van der Waals surface area (Å²) in [6, 6.07) is 12.8. The smallest absolute Gasteiger partial charge is 0.123 e. The summed E-state index contributed by atoms with van der Waals surface area (Å²) in [5.74, 6) is 1.80. The second-order valence-electron chi connectivity index (χ2n) is 5.71. The minimum absolute atomic E-state index is 0.749. The lowest BCUT2D eigenvalue weighted by Crippen LogP contribution is -2.15. The van der Waals surface area contributed by atoms with E-state index in [1.165, 1.54) is 48.4 Å². The third-order valence-electron chi connectivity index (χ3n) is 4.33. The van der Waals surface area contributed by atoms with Gasteiger partial charge < -0.3 is 4.74 Å². The quantitative estimate of drug-likeness (QED) is 0.653. The summed E-state index contributed by atoms with van der Waals surface area (Å²) in [4.78, 5) is 0. The second kappa shape index (κ2) is 6.62. The Labute approximate surface area is 129 Å². The number of halogens is 1. The molecule has 0 bridgehead atoms. The Kier molecular flexibility index (Phi) is 4.62. The van der Waals surface area contributed by atoms with Crippen LogP contribution in [0.1, 0.15) is 37.7 Å². The SMILES string of the molecule is BrCc1c(OCC2CCCCC2)ccc2ccccc12. The van der Waals surface area contributed by atoms with Crippen LogP contribution in [0, 0.1) is 5.92 Å². The van der Waals surface area contributed by atoms with Crippen LogP contribution in [0.4, 0.5) is 0 Å². The highest BCUT2D eigenvalue weighted by Gasteiger charge is 2.15. The number of ether oxygens (including phenoxy) is 1. The Morgan fingerprint density at radius 3 is 2.60 bits per heavy atom. The van der Waals surface area contributed by atoms with Gasteiger partial charge in [-0.3, -0.25) is 0 Å². The molecule has 2 aromatic carbocycles. The monoisotopic (exact) mass is 332 g/mol. The fraction of sp³-hybridized carbons (Fsp3) is 0.444. The number of fused-ring (bicyclic) bond motifs is 1. The Morgan fingerprint density at radius 1 is 1.00 bits per heavy atom. The molecule has 1 aliphatic carbocycles. The molecule has 0 spiro atoms. The van der Waals surface area contributed by atoms with Crippen molar-refractivity contribution in [1.29, 1.82) is 0 Å². The minimum Gasteiger partial charge on any atom is -0.493 e. The molecule has 0 amide bonds. The maximum Gasteiger partial charge on any atom is 0.123 e. The highest BCUT2D eigenvalue weighted by atomic mass is 79.9. The largest absolute Gasteiger partial charge is 0.493 e. The van der Waals surface area contributed by atoms with E-state index in [0.717, 1.165) is 23.6 Å². The van der Waals surface area contributed by atoms with Gasteiger partial charge in [-0.05, 0) is 35.6 Å². The Hall–Kier alpha value is -1.02. The molecular weight excluding hydrogens is 312 g/mol. The summed E-state index contributed by atoms with van der Waals surface area (Å²) < 4.78 is 6.15. The van der Waals surface area contributed by atoms with Gasteiger partial charge in [0.25, 0.3) is 0 Å². The van der Waals surface area contributed by atoms with Gasteiger partial charge in [-0.15, -0.1) is 0 Å². The van der Waals surface area contributed by atoms with E-state index in [2.05, 4.69) is 52.3 Å². The van der Waals surface area contributed by atoms with E-state index in [9.17, 15) is 0 Å². The molecule has 106 valence electrons. The molecule has 0 N–H and O–H groups in total. The van der Waals surface area contributed by atoms with E-state index in [1.807, 2.05) is 0 Å². The molecule has 0 heterocycles. The van der Waals surface area contributed by atoms with Crippen molar-refractivity contribution in [2.45, 2.75) is 37.4 Å². The fourth-order valence-corrected chi connectivity index (χ4v) is 3.73. The van der Waals surface area contributed by atoms with Crippen molar-refractivity contribution >= 4 is 26.7 Å². The van der Waals surface area contributed by atoms with E-state index >= 15 is 0 Å². The van der Waals surface area contributed by atoms with Crippen molar-refractivity contribution in [2.75, 3.05) is 6.61 Å². The molecule has 0 atom stereocenters. The maximum atomic E-state index is 6.15. The zero-order valence-corrected chi connectivity index (χ0v) is 13.4. The van der Waals surface area contributed by atoms with Gasteiger partial charge in [-0.1, -0.05) is 65.5 Å². The molecule has 0 unspecified atom stereocenters. The molecule has 20 heavy (non-hydrogen) atoms. The summed E-state index contributed by atoms with van der Waals surface area (Å²) in [6.45, 7) is 0.873. The minimum atomic E-state index is 0.749. The average molecular weight is 333 g/mol. The van der Waals surface area contributed by atoms with Crippen molar-refractivity contribution in [3.8, 4) is 5.75 Å². The van der Waals surface area contributed by atoms with E-state index in [4.69, 9.17) is 4.74 Å². The first-order valence-electron chi connectivity index (χ1n) is 7.58. The fourth-order valence-electron chi connectivity index (χ4n) is 3.15. The van der Waals surface area contributed by atoms with Gasteiger partial charge in [-0.25, -0.2) is 0 Å². The number of rotatable bonds is 4. The molecule has 0 saturated heterocycles. The lowest BCUT2D eigenvalue weighted by Gasteiger charge is -2.22. The van der Waals surface area contributed by atoms with Gasteiger partial charge >= 0.3 is 0 Å². The molecule has 2 heteroatoms. The van der Waals surface area contributed by atoms with E-state index in [0.29, 0.717) is 0 Å². The van der Waals surface area contributed by atoms with Crippen LogP contribution in [-0.2, 0) is 5.33 Å². The second-order valence-corrected chi connectivity index (χ2v) is 6.27. The highest BCUT2D eigenvalue weighted by Crippen LogP contribution is 2.31. The van der Waals surface area contributed by atoms with Crippen molar-refractivity contribution in [3.63, 3.8) is 0 Å². The third-order valence-corrected chi connectivity index (χ3v) is 4.89. The summed E-state index contributed by atoms with van der Waals surface area (Å²) in [7, 11) is 0. The van der Waals surface area contributed by atoms with Gasteiger partial charge in [-0.2, -0.15) is 0 Å². The van der Waals surface area contributed by atoms with E-state index < -0.39 is 0 Å². The molecule has 0 aromatic heterocycles. The van der Waals surface area contributed by atoms with Crippen molar-refractivity contribution in [2.24, 2.45) is 5.92 Å². The predicted molar refractivity (Wildman–Crippen MR) is 88.6 cm³/mol. The van der Waals surface area contributed by atoms with Crippen LogP contribution in [0.2, 0.25) is 0 Å². The number of hydrogen-bond donors (Lipinski definition) is 0. The zero-order valence-electron chi connectivity index (χ0n) is 11.8. The van der Waals surface area contributed by atoms with Crippen LogP contribution in [-0.4, -0.2) is 6.61 Å². The molecule has 1 aliphatic rings.